The van der Waals surface area contributed by atoms with Gasteiger partial charge in [-0.25, -0.2) is 4.98 Å². The maximum absolute atomic E-state index is 13.1. The summed E-state index contributed by atoms with van der Waals surface area (Å²) in [5.74, 6) is 0.0948. The Morgan fingerprint density at radius 1 is 1.39 bits per heavy atom. The number of fused-ring (bicyclic) bond motifs is 3. The van der Waals surface area contributed by atoms with Gasteiger partial charge in [0.05, 0.1) is 29.6 Å². The lowest BCUT2D eigenvalue weighted by Gasteiger charge is -2.27. The second-order valence-corrected chi connectivity index (χ2v) is 6.82. The van der Waals surface area contributed by atoms with Crippen LogP contribution in [0.4, 0.5) is 0 Å². The SMILES string of the molecule is Cc1[nH]cnc1CN1CCc2c(c3cccc(Br)c3n2C)C1=O. The van der Waals surface area contributed by atoms with E-state index in [-0.39, 0.29) is 5.91 Å². The normalized spacial score (nSPS) is 14.6. The first-order chi connectivity index (χ1) is 11.1. The Bertz CT molecular complexity index is 924. The number of rotatable bonds is 2. The summed E-state index contributed by atoms with van der Waals surface area (Å²) in [5.41, 5.74) is 4.99. The average Bonchev–Trinajstić information content (AvgIpc) is 3.06. The predicted octanol–water partition coefficient (Wildman–Crippen LogP) is 3.17. The van der Waals surface area contributed by atoms with Crippen LogP contribution in [0.5, 0.6) is 0 Å². The molecule has 23 heavy (non-hydrogen) atoms. The molecule has 5 nitrogen and oxygen atoms in total. The van der Waals surface area contributed by atoms with Gasteiger partial charge in [0.1, 0.15) is 0 Å². The van der Waals surface area contributed by atoms with Gasteiger partial charge in [-0.2, -0.15) is 0 Å². The lowest BCUT2D eigenvalue weighted by atomic mass is 10.0. The standard InChI is InChI=1S/C17H17BrN4O/c1-10-13(20-9-19-10)8-22-7-6-14-15(17(22)23)11-4-3-5-12(18)16(11)21(14)2/h3-5,9H,6-8H2,1-2H3,(H,19,20). The number of imidazole rings is 1. The summed E-state index contributed by atoms with van der Waals surface area (Å²) in [4.78, 5) is 22.3. The van der Waals surface area contributed by atoms with Crippen molar-refractivity contribution in [2.45, 2.75) is 19.9 Å². The Kier molecular flexibility index (Phi) is 3.30. The molecule has 6 heteroatoms. The molecule has 1 amide bonds. The molecule has 3 aromatic rings. The first-order valence-electron chi connectivity index (χ1n) is 7.62. The van der Waals surface area contributed by atoms with Crippen LogP contribution in [0.1, 0.15) is 27.4 Å². The molecule has 118 valence electrons. The van der Waals surface area contributed by atoms with Crippen LogP contribution in [-0.2, 0) is 20.0 Å². The molecular formula is C17H17BrN4O. The number of halogens is 1. The third kappa shape index (κ3) is 2.12. The van der Waals surface area contributed by atoms with Gasteiger partial charge < -0.3 is 14.5 Å². The zero-order chi connectivity index (χ0) is 16.1. The highest BCUT2D eigenvalue weighted by atomic mass is 79.9. The van der Waals surface area contributed by atoms with Crippen molar-refractivity contribution < 1.29 is 4.79 Å². The summed E-state index contributed by atoms with van der Waals surface area (Å²) >= 11 is 3.61. The average molecular weight is 373 g/mol. The molecule has 0 aliphatic carbocycles. The number of aryl methyl sites for hydroxylation is 2. The van der Waals surface area contributed by atoms with Crippen LogP contribution in [0.3, 0.4) is 0 Å². The quantitative estimate of drug-likeness (QED) is 0.750. The van der Waals surface area contributed by atoms with Crippen molar-refractivity contribution in [1.82, 2.24) is 19.4 Å². The molecule has 0 saturated carbocycles. The van der Waals surface area contributed by atoms with Crippen LogP contribution in [0.2, 0.25) is 0 Å². The first kappa shape index (κ1) is 14.5. The smallest absolute Gasteiger partial charge is 0.256 e. The van der Waals surface area contributed by atoms with Gasteiger partial charge in [-0.15, -0.1) is 0 Å². The zero-order valence-electron chi connectivity index (χ0n) is 13.1. The number of amides is 1. The number of para-hydroxylation sites is 1. The van der Waals surface area contributed by atoms with Crippen LogP contribution in [0.15, 0.2) is 29.0 Å². The van der Waals surface area contributed by atoms with Gasteiger partial charge in [-0.3, -0.25) is 4.79 Å². The fraction of sp³-hybridized carbons (Fsp3) is 0.294. The molecule has 3 heterocycles. The number of hydrogen-bond acceptors (Lipinski definition) is 2. The fourth-order valence-corrected chi connectivity index (χ4v) is 4.06. The summed E-state index contributed by atoms with van der Waals surface area (Å²) in [6.45, 7) is 3.26. The van der Waals surface area contributed by atoms with Crippen molar-refractivity contribution in [3.8, 4) is 0 Å². The van der Waals surface area contributed by atoms with E-state index in [1.54, 1.807) is 6.33 Å². The van der Waals surface area contributed by atoms with E-state index in [1.165, 1.54) is 0 Å². The van der Waals surface area contributed by atoms with Gasteiger partial charge in [-0.05, 0) is 28.9 Å². The van der Waals surface area contributed by atoms with Gasteiger partial charge in [0.15, 0.2) is 0 Å². The summed E-state index contributed by atoms with van der Waals surface area (Å²) in [5, 5.41) is 1.02. The number of hydrogen-bond donors (Lipinski definition) is 1. The number of carbonyl (C=O) groups is 1. The molecule has 0 fully saturated rings. The number of H-pyrrole nitrogens is 1. The molecule has 1 aliphatic heterocycles. The van der Waals surface area contributed by atoms with E-state index in [0.29, 0.717) is 6.54 Å². The van der Waals surface area contributed by atoms with E-state index in [0.717, 1.165) is 51.0 Å². The number of aromatic nitrogens is 3. The minimum atomic E-state index is 0.0948. The second kappa shape index (κ2) is 5.23. The first-order valence-corrected chi connectivity index (χ1v) is 8.41. The van der Waals surface area contributed by atoms with E-state index in [1.807, 2.05) is 37.1 Å². The molecule has 0 radical (unpaired) electrons. The maximum Gasteiger partial charge on any atom is 0.256 e. The van der Waals surface area contributed by atoms with Crippen LogP contribution < -0.4 is 0 Å². The number of nitrogens with zero attached hydrogens (tertiary/aromatic N) is 3. The Balaban J connectivity index is 1.80. The van der Waals surface area contributed by atoms with Crippen molar-refractivity contribution in [3.05, 3.63) is 51.6 Å². The van der Waals surface area contributed by atoms with E-state index < -0.39 is 0 Å². The molecule has 0 bridgehead atoms. The minimum absolute atomic E-state index is 0.0948. The van der Waals surface area contributed by atoms with E-state index in [2.05, 4.69) is 30.5 Å². The molecule has 2 aromatic heterocycles. The minimum Gasteiger partial charge on any atom is -0.348 e. The summed E-state index contributed by atoms with van der Waals surface area (Å²) in [6.07, 6.45) is 2.54. The van der Waals surface area contributed by atoms with Crippen LogP contribution in [0.25, 0.3) is 10.9 Å². The summed E-state index contributed by atoms with van der Waals surface area (Å²) in [7, 11) is 2.03. The van der Waals surface area contributed by atoms with Crippen LogP contribution in [-0.4, -0.2) is 31.9 Å². The summed E-state index contributed by atoms with van der Waals surface area (Å²) < 4.78 is 3.17. The number of aromatic amines is 1. The van der Waals surface area contributed by atoms with Gasteiger partial charge in [-0.1, -0.05) is 12.1 Å². The van der Waals surface area contributed by atoms with Gasteiger partial charge in [0.25, 0.3) is 5.91 Å². The second-order valence-electron chi connectivity index (χ2n) is 5.97. The van der Waals surface area contributed by atoms with Crippen molar-refractivity contribution in [2.75, 3.05) is 6.54 Å². The third-order valence-electron chi connectivity index (χ3n) is 4.68. The lowest BCUT2D eigenvalue weighted by molar-refractivity contribution is 0.0725. The van der Waals surface area contributed by atoms with Crippen LogP contribution >= 0.6 is 15.9 Å². The van der Waals surface area contributed by atoms with Crippen molar-refractivity contribution >= 4 is 32.7 Å². The number of benzene rings is 1. The molecule has 0 saturated heterocycles. The van der Waals surface area contributed by atoms with Gasteiger partial charge >= 0.3 is 0 Å². The van der Waals surface area contributed by atoms with Crippen molar-refractivity contribution in [2.24, 2.45) is 7.05 Å². The van der Waals surface area contributed by atoms with Gasteiger partial charge in [0, 0.05) is 41.3 Å². The topological polar surface area (TPSA) is 53.9 Å². The van der Waals surface area contributed by atoms with E-state index in [4.69, 9.17) is 0 Å². The molecule has 1 aromatic carbocycles. The highest BCUT2D eigenvalue weighted by Gasteiger charge is 2.30. The molecule has 1 N–H and O–H groups in total. The van der Waals surface area contributed by atoms with E-state index in [9.17, 15) is 4.79 Å². The highest BCUT2D eigenvalue weighted by molar-refractivity contribution is 9.10. The highest BCUT2D eigenvalue weighted by Crippen LogP contribution is 2.34. The third-order valence-corrected chi connectivity index (χ3v) is 5.32. The molecular weight excluding hydrogens is 356 g/mol. The molecule has 0 unspecified atom stereocenters. The fourth-order valence-electron chi connectivity index (χ4n) is 3.43. The van der Waals surface area contributed by atoms with Gasteiger partial charge in [0.2, 0.25) is 0 Å². The zero-order valence-corrected chi connectivity index (χ0v) is 14.6. The molecule has 0 spiro atoms. The maximum atomic E-state index is 13.1. The van der Waals surface area contributed by atoms with E-state index >= 15 is 0 Å². The lowest BCUT2D eigenvalue weighted by Crippen LogP contribution is -2.37. The molecule has 0 atom stereocenters. The van der Waals surface area contributed by atoms with Crippen molar-refractivity contribution in [3.63, 3.8) is 0 Å². The number of carbonyl (C=O) groups excluding carboxylic acids is 1. The van der Waals surface area contributed by atoms with Crippen molar-refractivity contribution in [1.29, 1.82) is 0 Å². The Hall–Kier alpha value is -2.08. The molecule has 4 rings (SSSR count). The predicted molar refractivity (Wildman–Crippen MR) is 92.4 cm³/mol. The Labute approximate surface area is 142 Å². The molecule has 1 aliphatic rings. The number of nitrogens with one attached hydrogen (secondary N) is 1. The monoisotopic (exact) mass is 372 g/mol. The summed E-state index contributed by atoms with van der Waals surface area (Å²) in [6, 6.07) is 6.03. The Morgan fingerprint density at radius 2 is 2.22 bits per heavy atom. The largest absolute Gasteiger partial charge is 0.348 e. The Morgan fingerprint density at radius 3 is 2.96 bits per heavy atom. The van der Waals surface area contributed by atoms with Crippen LogP contribution in [0, 0.1) is 6.92 Å².